The van der Waals surface area contributed by atoms with Crippen LogP contribution in [0.5, 0.6) is 11.5 Å². The van der Waals surface area contributed by atoms with Gasteiger partial charge in [0.25, 0.3) is 5.91 Å². The number of methoxy groups -OCH3 is 2. The van der Waals surface area contributed by atoms with Gasteiger partial charge in [0.2, 0.25) is 0 Å². The lowest BCUT2D eigenvalue weighted by molar-refractivity contribution is -0.157. The molecule has 3 rings (SSSR count). The second-order valence-corrected chi connectivity index (χ2v) is 7.60. The number of likely N-dealkylation sites (tertiary alicyclic amines) is 1. The van der Waals surface area contributed by atoms with Crippen LogP contribution in [-0.4, -0.2) is 48.8 Å². The average molecular weight is 399 g/mol. The second kappa shape index (κ2) is 9.29. The molecule has 1 heterocycles. The molecule has 6 nitrogen and oxygen atoms in total. The SMILES string of the molecule is COc1cccc(CN2CCC[C@@](O)(CNCc3ccc(C)cc3)C2=O)c1OC. The van der Waals surface area contributed by atoms with E-state index in [4.69, 9.17) is 9.47 Å². The minimum atomic E-state index is -1.39. The molecule has 0 saturated carbocycles. The van der Waals surface area contributed by atoms with Gasteiger partial charge in [-0.25, -0.2) is 0 Å². The van der Waals surface area contributed by atoms with Crippen LogP contribution in [0.2, 0.25) is 0 Å². The van der Waals surface area contributed by atoms with Crippen molar-refractivity contribution >= 4 is 5.91 Å². The largest absolute Gasteiger partial charge is 0.493 e. The Labute approximate surface area is 172 Å². The van der Waals surface area contributed by atoms with Gasteiger partial charge in [-0.2, -0.15) is 0 Å². The van der Waals surface area contributed by atoms with Crippen molar-refractivity contribution in [3.63, 3.8) is 0 Å². The molecule has 1 amide bonds. The number of aryl methyl sites for hydroxylation is 1. The fraction of sp³-hybridized carbons (Fsp3) is 0.435. The van der Waals surface area contributed by atoms with Gasteiger partial charge in [-0.05, 0) is 31.4 Å². The van der Waals surface area contributed by atoms with Crippen molar-refractivity contribution in [2.75, 3.05) is 27.3 Å². The molecular formula is C23H30N2O4. The molecular weight excluding hydrogens is 368 g/mol. The molecule has 29 heavy (non-hydrogen) atoms. The predicted molar refractivity (Wildman–Crippen MR) is 112 cm³/mol. The highest BCUT2D eigenvalue weighted by molar-refractivity contribution is 5.86. The van der Waals surface area contributed by atoms with E-state index in [1.807, 2.05) is 25.1 Å². The Morgan fingerprint density at radius 3 is 2.59 bits per heavy atom. The van der Waals surface area contributed by atoms with Gasteiger partial charge in [-0.15, -0.1) is 0 Å². The van der Waals surface area contributed by atoms with E-state index in [0.717, 1.165) is 17.5 Å². The van der Waals surface area contributed by atoms with E-state index in [9.17, 15) is 9.90 Å². The van der Waals surface area contributed by atoms with E-state index < -0.39 is 5.60 Å². The number of ether oxygens (including phenoxy) is 2. The Balaban J connectivity index is 1.65. The first kappa shape index (κ1) is 21.1. The Morgan fingerprint density at radius 2 is 1.90 bits per heavy atom. The van der Waals surface area contributed by atoms with Gasteiger partial charge in [0.1, 0.15) is 0 Å². The summed E-state index contributed by atoms with van der Waals surface area (Å²) in [5.74, 6) is 1.00. The van der Waals surface area contributed by atoms with E-state index in [1.165, 1.54) is 5.56 Å². The van der Waals surface area contributed by atoms with Crippen LogP contribution in [0.15, 0.2) is 42.5 Å². The summed E-state index contributed by atoms with van der Waals surface area (Å²) in [7, 11) is 3.18. The molecule has 1 aliphatic heterocycles. The van der Waals surface area contributed by atoms with Crippen molar-refractivity contribution in [1.29, 1.82) is 0 Å². The number of amides is 1. The number of hydrogen-bond acceptors (Lipinski definition) is 5. The van der Waals surface area contributed by atoms with Gasteiger partial charge in [0.15, 0.2) is 17.1 Å². The Bertz CT molecular complexity index is 837. The van der Waals surface area contributed by atoms with Crippen LogP contribution < -0.4 is 14.8 Å². The third-order valence-electron chi connectivity index (χ3n) is 5.42. The maximum Gasteiger partial charge on any atom is 0.256 e. The van der Waals surface area contributed by atoms with Crippen LogP contribution in [0.3, 0.4) is 0 Å². The maximum atomic E-state index is 13.1. The number of nitrogens with one attached hydrogen (secondary N) is 1. The lowest BCUT2D eigenvalue weighted by atomic mass is 9.91. The van der Waals surface area contributed by atoms with E-state index in [0.29, 0.717) is 37.6 Å². The third kappa shape index (κ3) is 4.89. The van der Waals surface area contributed by atoms with Crippen LogP contribution in [0.4, 0.5) is 0 Å². The van der Waals surface area contributed by atoms with Crippen LogP contribution in [0, 0.1) is 6.92 Å². The van der Waals surface area contributed by atoms with Crippen LogP contribution in [-0.2, 0) is 17.9 Å². The number of carbonyl (C=O) groups excluding carboxylic acids is 1. The molecule has 2 aromatic carbocycles. The van der Waals surface area contributed by atoms with E-state index in [1.54, 1.807) is 19.1 Å². The molecule has 0 radical (unpaired) electrons. The number of para-hydroxylation sites is 1. The van der Waals surface area contributed by atoms with Gasteiger partial charge >= 0.3 is 0 Å². The molecule has 0 unspecified atom stereocenters. The number of aliphatic hydroxyl groups is 1. The summed E-state index contributed by atoms with van der Waals surface area (Å²) >= 11 is 0. The van der Waals surface area contributed by atoms with Gasteiger partial charge in [-0.1, -0.05) is 42.0 Å². The monoisotopic (exact) mass is 398 g/mol. The highest BCUT2D eigenvalue weighted by Crippen LogP contribution is 2.33. The molecule has 6 heteroatoms. The normalized spacial score (nSPS) is 19.3. The van der Waals surface area contributed by atoms with Crippen molar-refractivity contribution in [2.45, 2.75) is 38.5 Å². The quantitative estimate of drug-likeness (QED) is 0.715. The van der Waals surface area contributed by atoms with E-state index in [-0.39, 0.29) is 12.5 Å². The van der Waals surface area contributed by atoms with Crippen LogP contribution >= 0.6 is 0 Å². The maximum absolute atomic E-state index is 13.1. The van der Waals surface area contributed by atoms with Crippen LogP contribution in [0.1, 0.15) is 29.5 Å². The van der Waals surface area contributed by atoms with Crippen molar-refractivity contribution in [1.82, 2.24) is 10.2 Å². The minimum Gasteiger partial charge on any atom is -0.493 e. The first-order chi connectivity index (χ1) is 14.0. The first-order valence-electron chi connectivity index (χ1n) is 9.95. The zero-order valence-electron chi connectivity index (χ0n) is 17.4. The Kier molecular flexibility index (Phi) is 6.77. The van der Waals surface area contributed by atoms with Gasteiger partial charge in [0, 0.05) is 31.7 Å². The number of hydrogen-bond donors (Lipinski definition) is 2. The number of carbonyl (C=O) groups is 1. The van der Waals surface area contributed by atoms with Gasteiger partial charge < -0.3 is 24.8 Å². The molecule has 1 saturated heterocycles. The molecule has 156 valence electrons. The fourth-order valence-electron chi connectivity index (χ4n) is 3.78. The van der Waals surface area contributed by atoms with Crippen LogP contribution in [0.25, 0.3) is 0 Å². The molecule has 1 atom stereocenters. The lowest BCUT2D eigenvalue weighted by Crippen LogP contribution is -2.57. The number of nitrogens with zero attached hydrogens (tertiary/aromatic N) is 1. The average Bonchev–Trinajstić information content (AvgIpc) is 2.73. The number of rotatable bonds is 8. The summed E-state index contributed by atoms with van der Waals surface area (Å²) in [6.07, 6.45) is 1.21. The van der Waals surface area contributed by atoms with Crippen molar-refractivity contribution in [2.24, 2.45) is 0 Å². The first-order valence-corrected chi connectivity index (χ1v) is 9.95. The standard InChI is InChI=1S/C23H30N2O4/c1-17-8-10-18(11-9-17)14-24-16-23(27)12-5-13-25(22(23)26)15-19-6-4-7-20(28-2)21(19)29-3/h4,6-11,24,27H,5,12-16H2,1-3H3/t23-/m1/s1. The zero-order chi connectivity index (χ0) is 20.9. The summed E-state index contributed by atoms with van der Waals surface area (Å²) in [5, 5.41) is 14.3. The fourth-order valence-corrected chi connectivity index (χ4v) is 3.78. The zero-order valence-corrected chi connectivity index (χ0v) is 17.4. The number of benzene rings is 2. The summed E-state index contributed by atoms with van der Waals surface area (Å²) in [6, 6.07) is 13.8. The lowest BCUT2D eigenvalue weighted by Gasteiger charge is -2.38. The van der Waals surface area contributed by atoms with E-state index in [2.05, 4.69) is 29.6 Å². The molecule has 1 aliphatic rings. The van der Waals surface area contributed by atoms with Gasteiger partial charge in [0.05, 0.1) is 14.2 Å². The molecule has 2 N–H and O–H groups in total. The summed E-state index contributed by atoms with van der Waals surface area (Å²) in [4.78, 5) is 14.8. The topological polar surface area (TPSA) is 71.0 Å². The molecule has 0 aromatic heterocycles. The molecule has 1 fully saturated rings. The molecule has 0 bridgehead atoms. The second-order valence-electron chi connectivity index (χ2n) is 7.60. The summed E-state index contributed by atoms with van der Waals surface area (Å²) < 4.78 is 10.8. The third-order valence-corrected chi connectivity index (χ3v) is 5.42. The minimum absolute atomic E-state index is 0.228. The highest BCUT2D eigenvalue weighted by atomic mass is 16.5. The number of piperidine rings is 1. The smallest absolute Gasteiger partial charge is 0.256 e. The van der Waals surface area contributed by atoms with Crippen molar-refractivity contribution in [3.05, 3.63) is 59.2 Å². The highest BCUT2D eigenvalue weighted by Gasteiger charge is 2.42. The van der Waals surface area contributed by atoms with Crippen molar-refractivity contribution < 1.29 is 19.4 Å². The van der Waals surface area contributed by atoms with Crippen molar-refractivity contribution in [3.8, 4) is 11.5 Å². The summed E-state index contributed by atoms with van der Waals surface area (Å²) in [6.45, 7) is 3.87. The van der Waals surface area contributed by atoms with Gasteiger partial charge in [-0.3, -0.25) is 4.79 Å². The Hall–Kier alpha value is -2.57. The molecule has 0 spiro atoms. The Morgan fingerprint density at radius 1 is 1.14 bits per heavy atom. The molecule has 0 aliphatic carbocycles. The van der Waals surface area contributed by atoms with E-state index >= 15 is 0 Å². The summed E-state index contributed by atoms with van der Waals surface area (Å²) in [5.41, 5.74) is 1.80. The molecule has 2 aromatic rings. The predicted octanol–water partition coefficient (Wildman–Crippen LogP) is 2.66.